The molecule has 4 rings (SSSR count). The number of nitrogens with zero attached hydrogens (tertiary/aromatic N) is 1. The van der Waals surface area contributed by atoms with Crippen molar-refractivity contribution in [3.8, 4) is 17.2 Å². The van der Waals surface area contributed by atoms with Crippen LogP contribution in [-0.2, 0) is 6.61 Å². The molecule has 1 aromatic heterocycles. The summed E-state index contributed by atoms with van der Waals surface area (Å²) in [5, 5.41) is 0. The van der Waals surface area contributed by atoms with Crippen LogP contribution >= 0.6 is 0 Å². The largest absolute Gasteiger partial charge is 0.497 e. The van der Waals surface area contributed by atoms with Crippen LogP contribution in [0, 0.1) is 0 Å². The highest BCUT2D eigenvalue weighted by atomic mass is 16.5. The predicted octanol–water partition coefficient (Wildman–Crippen LogP) is 5.84. The van der Waals surface area contributed by atoms with Gasteiger partial charge in [0, 0.05) is 12.3 Å². The quantitative estimate of drug-likeness (QED) is 0.375. The molecule has 0 saturated carbocycles. The molecule has 0 unspecified atom stereocenters. The standard InChI is InChI=1S/C26H23NO3/c1-28-23-14-12-20(13-15-23)19-29-25-18-27-17-16-24(25)30-26(21-8-4-2-5-9-21)22-10-6-3-7-11-22/h2-18,26H,19H2,1H3. The molecule has 0 saturated heterocycles. The van der Waals surface area contributed by atoms with Crippen molar-refractivity contribution < 1.29 is 14.2 Å². The van der Waals surface area contributed by atoms with E-state index in [-0.39, 0.29) is 6.10 Å². The second-order valence-corrected chi connectivity index (χ2v) is 6.78. The number of pyridine rings is 1. The number of aromatic nitrogens is 1. The fourth-order valence-electron chi connectivity index (χ4n) is 3.17. The normalized spacial score (nSPS) is 10.6. The summed E-state index contributed by atoms with van der Waals surface area (Å²) in [7, 11) is 1.65. The van der Waals surface area contributed by atoms with Gasteiger partial charge in [-0.3, -0.25) is 4.98 Å². The van der Waals surface area contributed by atoms with Gasteiger partial charge >= 0.3 is 0 Å². The summed E-state index contributed by atoms with van der Waals surface area (Å²) in [6, 6.07) is 30.0. The minimum atomic E-state index is -0.252. The minimum absolute atomic E-state index is 0.252. The highest BCUT2D eigenvalue weighted by Crippen LogP contribution is 2.34. The van der Waals surface area contributed by atoms with E-state index in [1.54, 1.807) is 19.5 Å². The first-order chi connectivity index (χ1) is 14.8. The van der Waals surface area contributed by atoms with Crippen LogP contribution in [0.3, 0.4) is 0 Å². The van der Waals surface area contributed by atoms with Crippen LogP contribution in [0.15, 0.2) is 103 Å². The summed E-state index contributed by atoms with van der Waals surface area (Å²) in [5.41, 5.74) is 3.18. The van der Waals surface area contributed by atoms with Crippen LogP contribution in [-0.4, -0.2) is 12.1 Å². The summed E-state index contributed by atoms with van der Waals surface area (Å²) in [5.74, 6) is 2.07. The van der Waals surface area contributed by atoms with Gasteiger partial charge in [-0.15, -0.1) is 0 Å². The Bertz CT molecular complexity index is 1010. The van der Waals surface area contributed by atoms with E-state index in [2.05, 4.69) is 29.2 Å². The molecule has 4 nitrogen and oxygen atoms in total. The third-order valence-corrected chi connectivity index (χ3v) is 4.75. The van der Waals surface area contributed by atoms with E-state index in [1.165, 1.54) is 0 Å². The molecule has 0 atom stereocenters. The van der Waals surface area contributed by atoms with E-state index >= 15 is 0 Å². The molecule has 0 spiro atoms. The maximum absolute atomic E-state index is 6.46. The van der Waals surface area contributed by atoms with Crippen LogP contribution in [0.5, 0.6) is 17.2 Å². The summed E-state index contributed by atoms with van der Waals surface area (Å²) < 4.78 is 17.7. The molecule has 30 heavy (non-hydrogen) atoms. The van der Waals surface area contributed by atoms with Gasteiger partial charge in [-0.1, -0.05) is 72.8 Å². The van der Waals surface area contributed by atoms with Gasteiger partial charge in [0.05, 0.1) is 13.3 Å². The molecular weight excluding hydrogens is 374 g/mol. The highest BCUT2D eigenvalue weighted by Gasteiger charge is 2.18. The van der Waals surface area contributed by atoms with Gasteiger partial charge in [0.15, 0.2) is 11.5 Å². The number of benzene rings is 3. The lowest BCUT2D eigenvalue weighted by atomic mass is 10.0. The zero-order valence-electron chi connectivity index (χ0n) is 16.8. The number of ether oxygens (including phenoxy) is 3. The summed E-state index contributed by atoms with van der Waals surface area (Å²) in [4.78, 5) is 4.21. The first-order valence-corrected chi connectivity index (χ1v) is 9.80. The molecule has 3 aromatic carbocycles. The zero-order chi connectivity index (χ0) is 20.6. The van der Waals surface area contributed by atoms with Gasteiger partial charge in [0.1, 0.15) is 18.5 Å². The van der Waals surface area contributed by atoms with Crippen LogP contribution < -0.4 is 14.2 Å². The smallest absolute Gasteiger partial charge is 0.179 e. The molecule has 1 heterocycles. The lowest BCUT2D eigenvalue weighted by Crippen LogP contribution is -2.10. The van der Waals surface area contributed by atoms with E-state index in [1.807, 2.05) is 66.7 Å². The third-order valence-electron chi connectivity index (χ3n) is 4.75. The Hall–Kier alpha value is -3.79. The van der Waals surface area contributed by atoms with E-state index in [4.69, 9.17) is 14.2 Å². The molecule has 0 amide bonds. The molecule has 0 aliphatic heterocycles. The Kier molecular flexibility index (Phi) is 6.25. The Morgan fingerprint density at radius 3 is 1.97 bits per heavy atom. The van der Waals surface area contributed by atoms with Gasteiger partial charge in [0.25, 0.3) is 0 Å². The first kappa shape index (κ1) is 19.5. The van der Waals surface area contributed by atoms with Crippen molar-refractivity contribution in [3.63, 3.8) is 0 Å². The second kappa shape index (κ2) is 9.61. The van der Waals surface area contributed by atoms with Crippen molar-refractivity contribution in [1.29, 1.82) is 0 Å². The fraction of sp³-hybridized carbons (Fsp3) is 0.115. The molecule has 150 valence electrons. The van der Waals surface area contributed by atoms with Crippen LogP contribution in [0.2, 0.25) is 0 Å². The van der Waals surface area contributed by atoms with Crippen molar-refractivity contribution >= 4 is 0 Å². The number of hydrogen-bond acceptors (Lipinski definition) is 4. The zero-order valence-corrected chi connectivity index (χ0v) is 16.8. The molecule has 0 bridgehead atoms. The van der Waals surface area contributed by atoms with Gasteiger partial charge in [0.2, 0.25) is 0 Å². The van der Waals surface area contributed by atoms with Crippen LogP contribution in [0.1, 0.15) is 22.8 Å². The van der Waals surface area contributed by atoms with E-state index in [9.17, 15) is 0 Å². The number of hydrogen-bond donors (Lipinski definition) is 0. The molecule has 4 aromatic rings. The van der Waals surface area contributed by atoms with Gasteiger partial charge in [-0.05, 0) is 28.8 Å². The van der Waals surface area contributed by atoms with Gasteiger partial charge in [-0.25, -0.2) is 0 Å². The highest BCUT2D eigenvalue weighted by molar-refractivity contribution is 5.40. The molecule has 4 heteroatoms. The number of methoxy groups -OCH3 is 1. The average molecular weight is 397 g/mol. The lowest BCUT2D eigenvalue weighted by Gasteiger charge is -2.21. The minimum Gasteiger partial charge on any atom is -0.497 e. The maximum atomic E-state index is 6.46. The topological polar surface area (TPSA) is 40.6 Å². The van der Waals surface area contributed by atoms with E-state index < -0.39 is 0 Å². The van der Waals surface area contributed by atoms with Crippen LogP contribution in [0.25, 0.3) is 0 Å². The van der Waals surface area contributed by atoms with Gasteiger partial charge < -0.3 is 14.2 Å². The molecule has 0 fully saturated rings. The Balaban J connectivity index is 1.56. The summed E-state index contributed by atoms with van der Waals surface area (Å²) in [6.07, 6.45) is 3.15. The van der Waals surface area contributed by atoms with E-state index in [0.717, 1.165) is 22.4 Å². The molecule has 0 N–H and O–H groups in total. The monoisotopic (exact) mass is 397 g/mol. The van der Waals surface area contributed by atoms with Crippen LogP contribution in [0.4, 0.5) is 0 Å². The Labute approximate surface area is 176 Å². The molecule has 0 radical (unpaired) electrons. The van der Waals surface area contributed by atoms with Crippen molar-refractivity contribution in [1.82, 2.24) is 4.98 Å². The number of rotatable bonds is 8. The lowest BCUT2D eigenvalue weighted by molar-refractivity contribution is 0.220. The third kappa shape index (κ3) is 4.78. The summed E-state index contributed by atoms with van der Waals surface area (Å²) in [6.45, 7) is 0.410. The fourth-order valence-corrected chi connectivity index (χ4v) is 3.17. The average Bonchev–Trinajstić information content (AvgIpc) is 2.83. The Morgan fingerprint density at radius 2 is 1.37 bits per heavy atom. The van der Waals surface area contributed by atoms with Crippen molar-refractivity contribution in [3.05, 3.63) is 120 Å². The molecule has 0 aliphatic rings. The van der Waals surface area contributed by atoms with E-state index in [0.29, 0.717) is 18.1 Å². The maximum Gasteiger partial charge on any atom is 0.179 e. The van der Waals surface area contributed by atoms with Crippen molar-refractivity contribution in [2.75, 3.05) is 7.11 Å². The Morgan fingerprint density at radius 1 is 0.733 bits per heavy atom. The molecular formula is C26H23NO3. The first-order valence-electron chi connectivity index (χ1n) is 9.80. The van der Waals surface area contributed by atoms with Gasteiger partial charge in [-0.2, -0.15) is 0 Å². The van der Waals surface area contributed by atoms with Crippen molar-refractivity contribution in [2.45, 2.75) is 12.7 Å². The second-order valence-electron chi connectivity index (χ2n) is 6.78. The SMILES string of the molecule is COc1ccc(COc2cnccc2OC(c2ccccc2)c2ccccc2)cc1. The predicted molar refractivity (Wildman–Crippen MR) is 117 cm³/mol. The summed E-state index contributed by atoms with van der Waals surface area (Å²) >= 11 is 0. The van der Waals surface area contributed by atoms with Crippen molar-refractivity contribution in [2.24, 2.45) is 0 Å². The molecule has 0 aliphatic carbocycles.